The number of hydrogen-bond acceptors (Lipinski definition) is 6. The molecular weight excluding hydrogens is 304 g/mol. The molecule has 1 fully saturated rings. The van der Waals surface area contributed by atoms with Crippen molar-refractivity contribution in [2.75, 3.05) is 18.5 Å². The topological polar surface area (TPSA) is 80.1 Å². The molecule has 1 aliphatic heterocycles. The highest BCUT2D eigenvalue weighted by Gasteiger charge is 2.17. The number of rotatable bonds is 5. The van der Waals surface area contributed by atoms with Crippen molar-refractivity contribution in [3.8, 4) is 23.1 Å². The summed E-state index contributed by atoms with van der Waals surface area (Å²) in [5, 5.41) is 12.3. The van der Waals surface area contributed by atoms with Crippen LogP contribution in [0.4, 0.5) is 5.95 Å². The molecule has 1 N–H and O–H groups in total. The molecule has 24 heavy (non-hydrogen) atoms. The zero-order valence-electron chi connectivity index (χ0n) is 13.2. The molecular formula is C18H18N4O2. The molecule has 1 aliphatic rings. The van der Waals surface area contributed by atoms with Crippen molar-refractivity contribution in [2.45, 2.75) is 18.9 Å². The van der Waals surface area contributed by atoms with Crippen molar-refractivity contribution < 1.29 is 9.47 Å². The van der Waals surface area contributed by atoms with Gasteiger partial charge in [-0.1, -0.05) is 6.58 Å². The van der Waals surface area contributed by atoms with E-state index >= 15 is 0 Å². The van der Waals surface area contributed by atoms with Gasteiger partial charge in [0.05, 0.1) is 24.5 Å². The van der Waals surface area contributed by atoms with Crippen molar-refractivity contribution in [1.82, 2.24) is 9.97 Å². The van der Waals surface area contributed by atoms with Crippen LogP contribution in [0.1, 0.15) is 18.4 Å². The summed E-state index contributed by atoms with van der Waals surface area (Å²) in [7, 11) is 0. The molecule has 2 aromatic rings. The summed E-state index contributed by atoms with van der Waals surface area (Å²) >= 11 is 0. The van der Waals surface area contributed by atoms with Gasteiger partial charge in [-0.3, -0.25) is 0 Å². The van der Waals surface area contributed by atoms with E-state index in [-0.39, 0.29) is 6.10 Å². The monoisotopic (exact) mass is 322 g/mol. The molecule has 3 rings (SSSR count). The number of benzene rings is 1. The van der Waals surface area contributed by atoms with E-state index in [4.69, 9.17) is 9.47 Å². The van der Waals surface area contributed by atoms with Crippen molar-refractivity contribution in [3.63, 3.8) is 0 Å². The zero-order valence-corrected chi connectivity index (χ0v) is 13.2. The van der Waals surface area contributed by atoms with Crippen molar-refractivity contribution in [3.05, 3.63) is 48.8 Å². The maximum atomic E-state index is 9.45. The average Bonchev–Trinajstić information content (AvgIpc) is 2.63. The number of nitrogens with one attached hydrogen (secondary N) is 1. The minimum atomic E-state index is 0.0964. The number of nitriles is 1. The Hall–Kier alpha value is -2.91. The number of nitrogens with zero attached hydrogens (tertiary/aromatic N) is 3. The normalized spacial score (nSPS) is 14.6. The van der Waals surface area contributed by atoms with Crippen LogP contribution in [-0.2, 0) is 4.74 Å². The molecule has 0 aliphatic carbocycles. The molecule has 0 bridgehead atoms. The smallest absolute Gasteiger partial charge is 0.227 e. The molecule has 6 heteroatoms. The first kappa shape index (κ1) is 16.0. The van der Waals surface area contributed by atoms with E-state index in [0.29, 0.717) is 30.5 Å². The predicted octanol–water partition coefficient (Wildman–Crippen LogP) is 3.13. The number of ether oxygens (including phenoxy) is 2. The molecule has 6 nitrogen and oxygen atoms in total. The maximum Gasteiger partial charge on any atom is 0.227 e. The lowest BCUT2D eigenvalue weighted by Gasteiger charge is -2.23. The Labute approximate surface area is 140 Å². The van der Waals surface area contributed by atoms with Gasteiger partial charge in [0.2, 0.25) is 5.95 Å². The third-order valence-corrected chi connectivity index (χ3v) is 3.74. The molecule has 0 unspecified atom stereocenters. The largest absolute Gasteiger partial charge is 0.489 e. The number of hydrogen-bond donors (Lipinski definition) is 1. The Morgan fingerprint density at radius 2 is 2.17 bits per heavy atom. The molecule has 0 radical (unpaired) electrons. The second kappa shape index (κ2) is 7.57. The van der Waals surface area contributed by atoms with Gasteiger partial charge in [-0.05, 0) is 30.5 Å². The van der Waals surface area contributed by atoms with E-state index in [1.165, 1.54) is 6.20 Å². The fourth-order valence-electron chi connectivity index (χ4n) is 2.53. The van der Waals surface area contributed by atoms with Crippen LogP contribution in [-0.4, -0.2) is 29.3 Å². The molecule has 122 valence electrons. The summed E-state index contributed by atoms with van der Waals surface area (Å²) in [4.78, 5) is 8.49. The minimum absolute atomic E-state index is 0.0964. The molecule has 1 aromatic heterocycles. The first-order valence-electron chi connectivity index (χ1n) is 7.79. The van der Waals surface area contributed by atoms with Crippen LogP contribution >= 0.6 is 0 Å². The van der Waals surface area contributed by atoms with Gasteiger partial charge in [-0.25, -0.2) is 9.97 Å². The lowest BCUT2D eigenvalue weighted by molar-refractivity contribution is 0.0254. The Morgan fingerprint density at radius 1 is 1.33 bits per heavy atom. The van der Waals surface area contributed by atoms with Gasteiger partial charge in [0.1, 0.15) is 17.9 Å². The van der Waals surface area contributed by atoms with Gasteiger partial charge in [-0.2, -0.15) is 5.26 Å². The quantitative estimate of drug-likeness (QED) is 0.911. The summed E-state index contributed by atoms with van der Waals surface area (Å²) in [5.74, 6) is 1.06. The van der Waals surface area contributed by atoms with Crippen LogP contribution in [0.15, 0.2) is 43.2 Å². The van der Waals surface area contributed by atoms with E-state index in [0.717, 1.165) is 24.1 Å². The van der Waals surface area contributed by atoms with Gasteiger partial charge >= 0.3 is 0 Å². The van der Waals surface area contributed by atoms with Gasteiger partial charge in [0.25, 0.3) is 0 Å². The van der Waals surface area contributed by atoms with Crippen molar-refractivity contribution in [1.29, 1.82) is 5.26 Å². The van der Waals surface area contributed by atoms with Gasteiger partial charge in [-0.15, -0.1) is 0 Å². The fraction of sp³-hybridized carbons (Fsp3) is 0.278. The summed E-state index contributed by atoms with van der Waals surface area (Å²) < 4.78 is 11.3. The molecule has 1 aromatic carbocycles. The Balaban J connectivity index is 1.84. The highest BCUT2D eigenvalue weighted by atomic mass is 16.5. The fourth-order valence-corrected chi connectivity index (χ4v) is 2.53. The summed E-state index contributed by atoms with van der Waals surface area (Å²) in [5.41, 5.74) is 2.06. The Morgan fingerprint density at radius 3 is 2.92 bits per heavy atom. The standard InChI is InChI=1S/C18H18N4O2/c1-2-20-18-21-8-5-16(22-18)13-3-4-17(14(11-13)12-19)24-15-6-9-23-10-7-15/h2-5,8,11,15H,1,6-7,9-10H2,(H,20,21,22). The van der Waals surface area contributed by atoms with Gasteiger partial charge < -0.3 is 14.8 Å². The maximum absolute atomic E-state index is 9.45. The van der Waals surface area contributed by atoms with E-state index < -0.39 is 0 Å². The van der Waals surface area contributed by atoms with Crippen molar-refractivity contribution in [2.24, 2.45) is 0 Å². The predicted molar refractivity (Wildman–Crippen MR) is 90.5 cm³/mol. The van der Waals surface area contributed by atoms with Crippen LogP contribution in [0.2, 0.25) is 0 Å². The highest BCUT2D eigenvalue weighted by molar-refractivity contribution is 5.64. The van der Waals surface area contributed by atoms with Crippen LogP contribution in [0, 0.1) is 11.3 Å². The number of aromatic nitrogens is 2. The third-order valence-electron chi connectivity index (χ3n) is 3.74. The molecule has 2 heterocycles. The second-order valence-electron chi connectivity index (χ2n) is 5.37. The molecule has 0 spiro atoms. The van der Waals surface area contributed by atoms with Crippen LogP contribution in [0.3, 0.4) is 0 Å². The van der Waals surface area contributed by atoms with E-state index in [2.05, 4.69) is 27.9 Å². The Bertz CT molecular complexity index is 764. The van der Waals surface area contributed by atoms with Crippen molar-refractivity contribution >= 4 is 5.95 Å². The van der Waals surface area contributed by atoms with Gasteiger partial charge in [0, 0.05) is 24.6 Å². The van der Waals surface area contributed by atoms with Gasteiger partial charge in [0.15, 0.2) is 0 Å². The summed E-state index contributed by atoms with van der Waals surface area (Å²) in [6.07, 6.45) is 4.96. The zero-order chi connectivity index (χ0) is 16.8. The Kier molecular flexibility index (Phi) is 5.04. The summed E-state index contributed by atoms with van der Waals surface area (Å²) in [6.45, 7) is 4.99. The van der Waals surface area contributed by atoms with E-state index in [1.807, 2.05) is 12.1 Å². The number of anilines is 1. The van der Waals surface area contributed by atoms with Crippen LogP contribution in [0.5, 0.6) is 5.75 Å². The lowest BCUT2D eigenvalue weighted by Crippen LogP contribution is -2.26. The van der Waals surface area contributed by atoms with Crippen LogP contribution in [0.25, 0.3) is 11.3 Å². The molecule has 0 atom stereocenters. The average molecular weight is 322 g/mol. The summed E-state index contributed by atoms with van der Waals surface area (Å²) in [6, 6.07) is 9.51. The second-order valence-corrected chi connectivity index (χ2v) is 5.37. The molecule has 0 saturated carbocycles. The SMILES string of the molecule is C=CNc1nccc(-c2ccc(OC3CCOCC3)c(C#N)c2)n1. The first-order valence-corrected chi connectivity index (χ1v) is 7.79. The highest BCUT2D eigenvalue weighted by Crippen LogP contribution is 2.27. The van der Waals surface area contributed by atoms with E-state index in [1.54, 1.807) is 18.3 Å². The van der Waals surface area contributed by atoms with Crippen LogP contribution < -0.4 is 10.1 Å². The first-order chi connectivity index (χ1) is 11.8. The third kappa shape index (κ3) is 3.70. The molecule has 1 saturated heterocycles. The lowest BCUT2D eigenvalue weighted by atomic mass is 10.1. The van der Waals surface area contributed by atoms with E-state index in [9.17, 15) is 5.26 Å². The molecule has 0 amide bonds. The minimum Gasteiger partial charge on any atom is -0.489 e.